The molecule has 2 rings (SSSR count). The van der Waals surface area contributed by atoms with Crippen molar-refractivity contribution in [3.8, 4) is 0 Å². The Balaban J connectivity index is 1.87. The summed E-state index contributed by atoms with van der Waals surface area (Å²) in [6, 6.07) is 11.5. The highest BCUT2D eigenvalue weighted by molar-refractivity contribution is 8.01. The van der Waals surface area contributed by atoms with E-state index in [-0.39, 0.29) is 28.6 Å². The van der Waals surface area contributed by atoms with Crippen LogP contribution in [0.25, 0.3) is 0 Å². The summed E-state index contributed by atoms with van der Waals surface area (Å²) in [7, 11) is 0. The van der Waals surface area contributed by atoms with Gasteiger partial charge in [-0.25, -0.2) is 4.39 Å². The highest BCUT2D eigenvalue weighted by Crippen LogP contribution is 2.23. The number of anilines is 2. The van der Waals surface area contributed by atoms with Crippen LogP contribution in [0, 0.1) is 12.7 Å². The Labute approximate surface area is 157 Å². The molecule has 0 aliphatic rings. The Morgan fingerprint density at radius 2 is 1.81 bits per heavy atom. The largest absolute Gasteiger partial charge is 0.325 e. The van der Waals surface area contributed by atoms with Crippen LogP contribution in [0.15, 0.2) is 42.5 Å². The molecule has 6 heteroatoms. The normalized spacial score (nSPS) is 11.7. The summed E-state index contributed by atoms with van der Waals surface area (Å²) in [6.45, 7) is 5.78. The van der Waals surface area contributed by atoms with E-state index in [0.29, 0.717) is 5.69 Å². The second kappa shape index (κ2) is 9.38. The van der Waals surface area contributed by atoms with Gasteiger partial charge in [-0.05, 0) is 55.7 Å². The fourth-order valence-corrected chi connectivity index (χ4v) is 3.12. The molecular formula is C20H23FN2O2S. The van der Waals surface area contributed by atoms with Crippen molar-refractivity contribution in [1.29, 1.82) is 0 Å². The Morgan fingerprint density at radius 1 is 1.12 bits per heavy atom. The number of hydrogen-bond donors (Lipinski definition) is 2. The minimum atomic E-state index is -0.377. The van der Waals surface area contributed by atoms with Crippen LogP contribution in [0.5, 0.6) is 0 Å². The van der Waals surface area contributed by atoms with E-state index in [1.807, 2.05) is 32.0 Å². The van der Waals surface area contributed by atoms with Crippen molar-refractivity contribution < 1.29 is 14.0 Å². The van der Waals surface area contributed by atoms with E-state index < -0.39 is 0 Å². The summed E-state index contributed by atoms with van der Waals surface area (Å²) >= 11 is 1.26. The molecule has 4 nitrogen and oxygen atoms in total. The van der Waals surface area contributed by atoms with Gasteiger partial charge >= 0.3 is 0 Å². The number of para-hydroxylation sites is 1. The second-order valence-corrected chi connectivity index (χ2v) is 7.29. The number of rotatable bonds is 7. The van der Waals surface area contributed by atoms with Crippen molar-refractivity contribution >= 4 is 35.0 Å². The smallest absolute Gasteiger partial charge is 0.237 e. The first kappa shape index (κ1) is 20.0. The third kappa shape index (κ3) is 5.59. The van der Waals surface area contributed by atoms with Gasteiger partial charge in [0.2, 0.25) is 11.8 Å². The number of benzene rings is 2. The van der Waals surface area contributed by atoms with E-state index in [1.165, 1.54) is 36.0 Å². The van der Waals surface area contributed by atoms with Crippen LogP contribution in [0.3, 0.4) is 0 Å². The zero-order valence-corrected chi connectivity index (χ0v) is 16.0. The predicted molar refractivity (Wildman–Crippen MR) is 106 cm³/mol. The maximum absolute atomic E-state index is 12.9. The van der Waals surface area contributed by atoms with Crippen molar-refractivity contribution in [3.05, 3.63) is 59.4 Å². The van der Waals surface area contributed by atoms with Crippen LogP contribution < -0.4 is 10.6 Å². The van der Waals surface area contributed by atoms with Gasteiger partial charge in [0.1, 0.15) is 5.82 Å². The molecule has 2 aromatic rings. The molecule has 26 heavy (non-hydrogen) atoms. The van der Waals surface area contributed by atoms with Crippen molar-refractivity contribution in [2.75, 3.05) is 16.4 Å². The van der Waals surface area contributed by atoms with Crippen LogP contribution in [0.4, 0.5) is 15.8 Å². The maximum atomic E-state index is 12.9. The number of thioether (sulfide) groups is 1. The number of hydrogen-bond acceptors (Lipinski definition) is 3. The Morgan fingerprint density at radius 3 is 2.46 bits per heavy atom. The van der Waals surface area contributed by atoms with E-state index in [2.05, 4.69) is 10.6 Å². The average molecular weight is 374 g/mol. The maximum Gasteiger partial charge on any atom is 0.237 e. The molecule has 0 radical (unpaired) electrons. The molecule has 2 amide bonds. The third-order valence-electron chi connectivity index (χ3n) is 3.95. The van der Waals surface area contributed by atoms with E-state index >= 15 is 0 Å². The van der Waals surface area contributed by atoms with Gasteiger partial charge in [0.15, 0.2) is 0 Å². The van der Waals surface area contributed by atoms with Gasteiger partial charge < -0.3 is 10.6 Å². The molecule has 2 N–H and O–H groups in total. The molecule has 0 aliphatic heterocycles. The van der Waals surface area contributed by atoms with Crippen LogP contribution in [-0.4, -0.2) is 22.8 Å². The van der Waals surface area contributed by atoms with Crippen LogP contribution in [0.1, 0.15) is 25.0 Å². The minimum Gasteiger partial charge on any atom is -0.325 e. The molecule has 0 unspecified atom stereocenters. The lowest BCUT2D eigenvalue weighted by Gasteiger charge is -2.16. The zero-order chi connectivity index (χ0) is 19.1. The number of carbonyl (C=O) groups is 2. The third-order valence-corrected chi connectivity index (χ3v) is 5.09. The van der Waals surface area contributed by atoms with E-state index in [0.717, 1.165) is 23.2 Å². The fourth-order valence-electron chi connectivity index (χ4n) is 2.43. The van der Waals surface area contributed by atoms with Crippen molar-refractivity contribution in [2.24, 2.45) is 0 Å². The minimum absolute atomic E-state index is 0.131. The van der Waals surface area contributed by atoms with Gasteiger partial charge in [-0.1, -0.05) is 25.1 Å². The molecule has 0 fully saturated rings. The number of carbonyl (C=O) groups excluding carboxylic acids is 2. The number of nitrogens with one attached hydrogen (secondary N) is 2. The lowest BCUT2D eigenvalue weighted by atomic mass is 10.1. The molecule has 0 spiro atoms. The fraction of sp³-hybridized carbons (Fsp3) is 0.300. The summed E-state index contributed by atoms with van der Waals surface area (Å²) < 4.78 is 12.9. The lowest BCUT2D eigenvalue weighted by molar-refractivity contribution is -0.115. The van der Waals surface area contributed by atoms with Gasteiger partial charge in [0.05, 0.1) is 11.0 Å². The first-order valence-corrected chi connectivity index (χ1v) is 9.52. The second-order valence-electron chi connectivity index (χ2n) is 5.96. The SMILES string of the molecule is CCc1cccc(C)c1NC(=O)[C@H](C)SCC(=O)Nc1ccc(F)cc1. The summed E-state index contributed by atoms with van der Waals surface area (Å²) in [5, 5.41) is 5.28. The highest BCUT2D eigenvalue weighted by Gasteiger charge is 2.17. The topological polar surface area (TPSA) is 58.2 Å². The van der Waals surface area contributed by atoms with Crippen molar-refractivity contribution in [3.63, 3.8) is 0 Å². The summed E-state index contributed by atoms with van der Waals surface area (Å²) in [6.07, 6.45) is 0.832. The average Bonchev–Trinajstić information content (AvgIpc) is 2.63. The zero-order valence-electron chi connectivity index (χ0n) is 15.1. The first-order valence-electron chi connectivity index (χ1n) is 8.47. The summed E-state index contributed by atoms with van der Waals surface area (Å²) in [5.41, 5.74) is 3.48. The van der Waals surface area contributed by atoms with E-state index in [1.54, 1.807) is 6.92 Å². The van der Waals surface area contributed by atoms with E-state index in [9.17, 15) is 14.0 Å². The molecule has 1 atom stereocenters. The Hall–Kier alpha value is -2.34. The molecule has 0 aliphatic carbocycles. The van der Waals surface area contributed by atoms with Gasteiger partial charge in [-0.2, -0.15) is 0 Å². The van der Waals surface area contributed by atoms with Gasteiger partial charge in [-0.3, -0.25) is 9.59 Å². The molecule has 138 valence electrons. The number of halogens is 1. The van der Waals surface area contributed by atoms with Crippen molar-refractivity contribution in [2.45, 2.75) is 32.4 Å². The lowest BCUT2D eigenvalue weighted by Crippen LogP contribution is -2.25. The molecule has 0 bridgehead atoms. The molecule has 0 heterocycles. The standard InChI is InChI=1S/C20H23FN2O2S/c1-4-15-7-5-6-13(2)19(15)23-20(25)14(3)26-12-18(24)22-17-10-8-16(21)9-11-17/h5-11,14H,4,12H2,1-3H3,(H,22,24)(H,23,25)/t14-/m0/s1. The Bertz CT molecular complexity index is 778. The quantitative estimate of drug-likeness (QED) is 0.755. The van der Waals surface area contributed by atoms with Gasteiger partial charge in [-0.15, -0.1) is 11.8 Å². The molecule has 2 aromatic carbocycles. The highest BCUT2D eigenvalue weighted by atomic mass is 32.2. The number of aryl methyl sites for hydroxylation is 2. The van der Waals surface area contributed by atoms with E-state index in [4.69, 9.17) is 0 Å². The monoisotopic (exact) mass is 374 g/mol. The van der Waals surface area contributed by atoms with Crippen LogP contribution >= 0.6 is 11.8 Å². The van der Waals surface area contributed by atoms with Gasteiger partial charge in [0, 0.05) is 11.4 Å². The molecule has 0 aromatic heterocycles. The van der Waals surface area contributed by atoms with Gasteiger partial charge in [0.25, 0.3) is 0 Å². The van der Waals surface area contributed by atoms with Crippen LogP contribution in [-0.2, 0) is 16.0 Å². The molecule has 0 saturated heterocycles. The van der Waals surface area contributed by atoms with Crippen LogP contribution in [0.2, 0.25) is 0 Å². The van der Waals surface area contributed by atoms with Crippen molar-refractivity contribution in [1.82, 2.24) is 0 Å². The molecular weight excluding hydrogens is 351 g/mol. The summed E-state index contributed by atoms with van der Waals surface area (Å²) in [4.78, 5) is 24.4. The summed E-state index contributed by atoms with van der Waals surface area (Å²) in [5.74, 6) is -0.578. The first-order chi connectivity index (χ1) is 12.4. The number of amides is 2. The predicted octanol–water partition coefficient (Wildman–Crippen LogP) is 4.40. The molecule has 0 saturated carbocycles. The Kier molecular flexibility index (Phi) is 7.21.